The van der Waals surface area contributed by atoms with Crippen molar-refractivity contribution in [1.82, 2.24) is 14.5 Å². The molecule has 0 N–H and O–H groups in total. The number of benzene rings is 2. The second-order valence-electron chi connectivity index (χ2n) is 9.83. The Morgan fingerprint density at radius 2 is 1.80 bits per heavy atom. The quantitative estimate of drug-likeness (QED) is 0.373. The monoisotopic (exact) mass is 525 g/mol. The lowest BCUT2D eigenvalue weighted by atomic mass is 9.83. The number of piperidine rings is 1. The van der Waals surface area contributed by atoms with E-state index in [0.29, 0.717) is 44.8 Å². The molecule has 0 radical (unpaired) electrons. The van der Waals surface area contributed by atoms with E-state index in [-0.39, 0.29) is 0 Å². The number of likely N-dealkylation sites (tertiary alicyclic amines) is 1. The maximum atomic E-state index is 13.3. The Morgan fingerprint density at radius 3 is 2.43 bits per heavy atom. The molecule has 188 valence electrons. The number of rotatable bonds is 5. The fraction of sp³-hybridized carbons (Fsp3) is 0.500. The molecule has 0 aliphatic carbocycles. The Kier molecular flexibility index (Phi) is 6.81. The number of halogens is 5. The number of nitrogens with zero attached hydrogens (tertiary/aromatic N) is 3. The normalized spacial score (nSPS) is 18.4. The lowest BCUT2D eigenvalue weighted by Crippen LogP contribution is -2.41. The number of hydrogen-bond donors (Lipinski definition) is 0. The van der Waals surface area contributed by atoms with Gasteiger partial charge in [0.25, 0.3) is 0 Å². The van der Waals surface area contributed by atoms with Gasteiger partial charge in [0, 0.05) is 31.0 Å². The molecule has 35 heavy (non-hydrogen) atoms. The highest BCUT2D eigenvalue weighted by atomic mass is 35.5. The highest BCUT2D eigenvalue weighted by Crippen LogP contribution is 2.36. The molecular formula is C26H28Cl2F3N3O. The van der Waals surface area contributed by atoms with E-state index in [1.807, 2.05) is 12.1 Å². The van der Waals surface area contributed by atoms with Gasteiger partial charge in [0.1, 0.15) is 5.82 Å². The van der Waals surface area contributed by atoms with Gasteiger partial charge in [0.2, 0.25) is 0 Å². The second-order valence-corrected chi connectivity index (χ2v) is 10.6. The first-order valence-corrected chi connectivity index (χ1v) is 12.7. The molecule has 0 unspecified atom stereocenters. The molecule has 0 atom stereocenters. The van der Waals surface area contributed by atoms with Crippen LogP contribution < -0.4 is 0 Å². The number of ether oxygens (including phenoxy) is 1. The van der Waals surface area contributed by atoms with E-state index in [0.717, 1.165) is 62.0 Å². The van der Waals surface area contributed by atoms with Crippen molar-refractivity contribution in [2.45, 2.75) is 38.9 Å². The minimum absolute atomic E-state index is 0.335. The molecule has 3 heterocycles. The zero-order chi connectivity index (χ0) is 24.9. The van der Waals surface area contributed by atoms with Crippen LogP contribution in [0, 0.1) is 18.8 Å². The molecule has 0 spiro atoms. The largest absolute Gasteiger partial charge is 0.416 e. The molecule has 2 saturated heterocycles. The molecule has 2 aliphatic rings. The molecule has 2 aliphatic heterocycles. The topological polar surface area (TPSA) is 30.3 Å². The highest BCUT2D eigenvalue weighted by Gasteiger charge is 2.33. The van der Waals surface area contributed by atoms with Crippen LogP contribution in [0.3, 0.4) is 0 Å². The van der Waals surface area contributed by atoms with Crippen molar-refractivity contribution < 1.29 is 17.9 Å². The Morgan fingerprint density at radius 1 is 1.09 bits per heavy atom. The summed E-state index contributed by atoms with van der Waals surface area (Å²) in [5.41, 5.74) is 2.56. The van der Waals surface area contributed by atoms with E-state index in [1.54, 1.807) is 18.5 Å². The summed E-state index contributed by atoms with van der Waals surface area (Å²) < 4.78 is 47.0. The molecule has 9 heteroatoms. The van der Waals surface area contributed by atoms with Gasteiger partial charge >= 0.3 is 6.18 Å². The summed E-state index contributed by atoms with van der Waals surface area (Å²) in [4.78, 5) is 7.08. The van der Waals surface area contributed by atoms with Crippen molar-refractivity contribution >= 4 is 34.2 Å². The molecule has 2 aromatic carbocycles. The third kappa shape index (κ3) is 4.93. The van der Waals surface area contributed by atoms with Crippen molar-refractivity contribution in [2.75, 3.05) is 26.3 Å². The molecular weight excluding hydrogens is 498 g/mol. The second kappa shape index (κ2) is 9.58. The van der Waals surface area contributed by atoms with Crippen molar-refractivity contribution in [2.24, 2.45) is 18.9 Å². The molecule has 0 amide bonds. The van der Waals surface area contributed by atoms with Gasteiger partial charge < -0.3 is 9.30 Å². The average Bonchev–Trinajstić information content (AvgIpc) is 3.09. The fourth-order valence-electron chi connectivity index (χ4n) is 5.26. The summed E-state index contributed by atoms with van der Waals surface area (Å²) in [5, 5.41) is 1.13. The third-order valence-corrected chi connectivity index (χ3v) is 8.38. The average molecular weight is 526 g/mol. The number of imidazole rings is 1. The summed E-state index contributed by atoms with van der Waals surface area (Å²) in [6, 6.07) is 6.11. The maximum Gasteiger partial charge on any atom is 0.416 e. The molecule has 3 aromatic rings. The van der Waals surface area contributed by atoms with Crippen LogP contribution in [-0.2, 0) is 30.9 Å². The van der Waals surface area contributed by atoms with E-state index >= 15 is 0 Å². The first-order chi connectivity index (χ1) is 16.6. The molecule has 0 saturated carbocycles. The van der Waals surface area contributed by atoms with E-state index in [2.05, 4.69) is 9.88 Å². The Balaban J connectivity index is 1.37. The van der Waals surface area contributed by atoms with E-state index in [9.17, 15) is 13.2 Å². The van der Waals surface area contributed by atoms with Crippen molar-refractivity contribution in [1.29, 1.82) is 0 Å². The van der Waals surface area contributed by atoms with Crippen LogP contribution in [-0.4, -0.2) is 40.8 Å². The smallest absolute Gasteiger partial charge is 0.381 e. The third-order valence-electron chi connectivity index (χ3n) is 7.55. The zero-order valence-electron chi connectivity index (χ0n) is 19.8. The molecule has 1 aromatic heterocycles. The lowest BCUT2D eigenvalue weighted by molar-refractivity contribution is -0.137. The van der Waals surface area contributed by atoms with Crippen molar-refractivity contribution in [3.8, 4) is 0 Å². The van der Waals surface area contributed by atoms with Gasteiger partial charge in [-0.3, -0.25) is 4.90 Å². The standard InChI is InChI=1S/C26H28Cl2F3N3O/c1-15-9-19(26(29,30)31)10-22-25(15)32-23(33(22)2)11-20-21(27)4-3-17(24(20)28)12-34-7-5-16(6-8-34)18-13-35-14-18/h3-4,9-10,16,18H,5-8,11-14H2,1-2H3. The first kappa shape index (κ1) is 24.9. The summed E-state index contributed by atoms with van der Waals surface area (Å²) >= 11 is 13.4. The lowest BCUT2D eigenvalue weighted by Gasteiger charge is -2.39. The summed E-state index contributed by atoms with van der Waals surface area (Å²) in [6.07, 6.45) is -1.73. The highest BCUT2D eigenvalue weighted by molar-refractivity contribution is 6.36. The SMILES string of the molecule is Cc1cc(C(F)(F)F)cc2c1nc(Cc1c(Cl)ccc(CN3CCC(C4COC4)CC3)c1Cl)n2C. The predicted molar refractivity (Wildman–Crippen MR) is 132 cm³/mol. The van der Waals surface area contributed by atoms with Crippen LogP contribution >= 0.6 is 23.2 Å². The minimum Gasteiger partial charge on any atom is -0.381 e. The molecule has 4 nitrogen and oxygen atoms in total. The van der Waals surface area contributed by atoms with Crippen molar-refractivity contribution in [3.63, 3.8) is 0 Å². The molecule has 5 rings (SSSR count). The first-order valence-electron chi connectivity index (χ1n) is 11.9. The maximum absolute atomic E-state index is 13.3. The van der Waals surface area contributed by atoms with Gasteiger partial charge in [-0.25, -0.2) is 4.98 Å². The van der Waals surface area contributed by atoms with E-state index in [4.69, 9.17) is 27.9 Å². The minimum atomic E-state index is -4.41. The van der Waals surface area contributed by atoms with Crippen LogP contribution in [0.25, 0.3) is 11.0 Å². The Hall–Kier alpha value is -1.80. The fourth-order valence-corrected chi connectivity index (χ4v) is 5.83. The van der Waals surface area contributed by atoms with Gasteiger partial charge in [-0.05, 0) is 73.7 Å². The van der Waals surface area contributed by atoms with Crippen LogP contribution in [0.5, 0.6) is 0 Å². The summed E-state index contributed by atoms with van der Waals surface area (Å²) in [7, 11) is 1.73. The Labute approximate surface area is 213 Å². The number of aryl methyl sites for hydroxylation is 2. The zero-order valence-corrected chi connectivity index (χ0v) is 21.3. The van der Waals surface area contributed by atoms with Gasteiger partial charge in [-0.1, -0.05) is 29.3 Å². The number of fused-ring (bicyclic) bond motifs is 1. The van der Waals surface area contributed by atoms with E-state index < -0.39 is 11.7 Å². The van der Waals surface area contributed by atoms with Crippen LogP contribution in [0.15, 0.2) is 24.3 Å². The number of aromatic nitrogens is 2. The van der Waals surface area contributed by atoms with Gasteiger partial charge in [0.15, 0.2) is 0 Å². The van der Waals surface area contributed by atoms with Crippen LogP contribution in [0.2, 0.25) is 10.0 Å². The Bertz CT molecular complexity index is 1250. The van der Waals surface area contributed by atoms with Gasteiger partial charge in [-0.2, -0.15) is 13.2 Å². The van der Waals surface area contributed by atoms with Gasteiger partial charge in [0.05, 0.1) is 34.8 Å². The van der Waals surface area contributed by atoms with Gasteiger partial charge in [-0.15, -0.1) is 0 Å². The number of hydrogen-bond acceptors (Lipinski definition) is 3. The summed E-state index contributed by atoms with van der Waals surface area (Å²) in [5.74, 6) is 2.08. The summed E-state index contributed by atoms with van der Waals surface area (Å²) in [6.45, 7) is 6.25. The molecule has 0 bridgehead atoms. The van der Waals surface area contributed by atoms with E-state index in [1.165, 1.54) is 12.8 Å². The number of alkyl halides is 3. The van der Waals surface area contributed by atoms with Crippen molar-refractivity contribution in [3.05, 3.63) is 62.4 Å². The van der Waals surface area contributed by atoms with Crippen LogP contribution in [0.1, 0.15) is 40.9 Å². The van der Waals surface area contributed by atoms with Crippen LogP contribution in [0.4, 0.5) is 13.2 Å². The predicted octanol–water partition coefficient (Wildman–Crippen LogP) is 6.66. The molecule has 2 fully saturated rings.